The fourth-order valence-electron chi connectivity index (χ4n) is 1.25. The highest BCUT2D eigenvalue weighted by atomic mass is 14.0. The summed E-state index contributed by atoms with van der Waals surface area (Å²) in [6.45, 7) is 5.92. The van der Waals surface area contributed by atoms with Gasteiger partial charge in [-0.25, -0.2) is 0 Å². The summed E-state index contributed by atoms with van der Waals surface area (Å²) >= 11 is 0. The van der Waals surface area contributed by atoms with Gasteiger partial charge in [-0.1, -0.05) is 11.8 Å². The van der Waals surface area contributed by atoms with Crippen LogP contribution in [0.3, 0.4) is 0 Å². The van der Waals surface area contributed by atoms with Gasteiger partial charge < -0.3 is 0 Å². The minimum absolute atomic E-state index is 0.958. The molecule has 0 nitrogen and oxygen atoms in total. The van der Waals surface area contributed by atoms with Gasteiger partial charge in [-0.05, 0) is 44.0 Å². The van der Waals surface area contributed by atoms with Gasteiger partial charge in [0.25, 0.3) is 0 Å². The second-order valence-corrected chi connectivity index (χ2v) is 2.93. The Morgan fingerprint density at radius 1 is 1.08 bits per heavy atom. The molecule has 0 spiro atoms. The van der Waals surface area contributed by atoms with Crippen LogP contribution in [0.1, 0.15) is 29.2 Å². The molecule has 0 heterocycles. The standard InChI is InChI=1S/C13H12/c1-5-7-13-9-8-12(6-2)10(3)11(13)4/h2,8-9H,1,3-4H3. The van der Waals surface area contributed by atoms with Crippen molar-refractivity contribution in [3.05, 3.63) is 34.4 Å². The van der Waals surface area contributed by atoms with E-state index in [2.05, 4.69) is 24.7 Å². The summed E-state index contributed by atoms with van der Waals surface area (Å²) in [6, 6.07) is 3.93. The summed E-state index contributed by atoms with van der Waals surface area (Å²) in [5.41, 5.74) is 4.37. The summed E-state index contributed by atoms with van der Waals surface area (Å²) in [5, 5.41) is 0. The largest absolute Gasteiger partial charge is 0.115 e. The number of terminal acetylenes is 1. The van der Waals surface area contributed by atoms with Crippen LogP contribution in [-0.4, -0.2) is 0 Å². The molecule has 0 aliphatic heterocycles. The van der Waals surface area contributed by atoms with Crippen molar-refractivity contribution in [2.24, 2.45) is 0 Å². The molecule has 0 atom stereocenters. The Morgan fingerprint density at radius 2 is 1.62 bits per heavy atom. The summed E-state index contributed by atoms with van der Waals surface area (Å²) in [6.07, 6.45) is 5.36. The van der Waals surface area contributed by atoms with E-state index in [1.54, 1.807) is 0 Å². The smallest absolute Gasteiger partial charge is 0.0277 e. The minimum atomic E-state index is 0.958. The second-order valence-electron chi connectivity index (χ2n) is 2.93. The third kappa shape index (κ3) is 1.74. The van der Waals surface area contributed by atoms with Crippen LogP contribution in [0.4, 0.5) is 0 Å². The van der Waals surface area contributed by atoms with E-state index in [9.17, 15) is 0 Å². The van der Waals surface area contributed by atoms with E-state index in [-0.39, 0.29) is 0 Å². The topological polar surface area (TPSA) is 0 Å². The van der Waals surface area contributed by atoms with Crippen LogP contribution in [0.2, 0.25) is 0 Å². The molecule has 0 saturated carbocycles. The zero-order chi connectivity index (χ0) is 9.84. The van der Waals surface area contributed by atoms with Crippen LogP contribution >= 0.6 is 0 Å². The molecular weight excluding hydrogens is 156 g/mol. The molecule has 1 aromatic carbocycles. The molecule has 0 aliphatic rings. The summed E-state index contributed by atoms with van der Waals surface area (Å²) in [5.74, 6) is 8.59. The van der Waals surface area contributed by atoms with Crippen molar-refractivity contribution in [3.8, 4) is 24.2 Å². The van der Waals surface area contributed by atoms with Crippen LogP contribution in [0.5, 0.6) is 0 Å². The van der Waals surface area contributed by atoms with Crippen molar-refractivity contribution in [3.63, 3.8) is 0 Å². The average Bonchev–Trinajstić information content (AvgIpc) is 2.14. The second kappa shape index (κ2) is 3.83. The fourth-order valence-corrected chi connectivity index (χ4v) is 1.25. The fraction of sp³-hybridized carbons (Fsp3) is 0.231. The molecule has 0 aromatic heterocycles. The quantitative estimate of drug-likeness (QED) is 0.522. The molecule has 0 heteroatoms. The molecule has 13 heavy (non-hydrogen) atoms. The third-order valence-electron chi connectivity index (χ3n) is 2.20. The Kier molecular flexibility index (Phi) is 2.78. The first kappa shape index (κ1) is 9.43. The highest BCUT2D eigenvalue weighted by Gasteiger charge is 2.01. The zero-order valence-electron chi connectivity index (χ0n) is 8.23. The van der Waals surface area contributed by atoms with Gasteiger partial charge in [0, 0.05) is 11.1 Å². The van der Waals surface area contributed by atoms with Gasteiger partial charge in [0.05, 0.1) is 0 Å². The lowest BCUT2D eigenvalue weighted by Crippen LogP contribution is -1.91. The Morgan fingerprint density at radius 3 is 2.15 bits per heavy atom. The van der Waals surface area contributed by atoms with Crippen LogP contribution in [-0.2, 0) is 0 Å². The molecule has 0 bridgehead atoms. The van der Waals surface area contributed by atoms with Crippen molar-refractivity contribution in [2.45, 2.75) is 20.8 Å². The maximum atomic E-state index is 5.36. The molecule has 0 amide bonds. The van der Waals surface area contributed by atoms with E-state index in [1.807, 2.05) is 26.0 Å². The monoisotopic (exact) mass is 168 g/mol. The van der Waals surface area contributed by atoms with Gasteiger partial charge in [0.15, 0.2) is 0 Å². The first-order valence-corrected chi connectivity index (χ1v) is 4.20. The normalized spacial score (nSPS) is 8.46. The average molecular weight is 168 g/mol. The molecule has 0 N–H and O–H groups in total. The van der Waals surface area contributed by atoms with Crippen LogP contribution in [0, 0.1) is 38.0 Å². The predicted octanol–water partition coefficient (Wildman–Crippen LogP) is 2.66. The number of hydrogen-bond acceptors (Lipinski definition) is 0. The summed E-state index contributed by atoms with van der Waals surface area (Å²) in [4.78, 5) is 0. The van der Waals surface area contributed by atoms with Crippen molar-refractivity contribution < 1.29 is 0 Å². The van der Waals surface area contributed by atoms with E-state index in [0.29, 0.717) is 0 Å². The molecule has 0 unspecified atom stereocenters. The van der Waals surface area contributed by atoms with Crippen molar-refractivity contribution >= 4 is 0 Å². The molecule has 0 radical (unpaired) electrons. The Bertz CT molecular complexity index is 420. The van der Waals surface area contributed by atoms with E-state index < -0.39 is 0 Å². The lowest BCUT2D eigenvalue weighted by Gasteiger charge is -2.05. The summed E-state index contributed by atoms with van der Waals surface area (Å²) in [7, 11) is 0. The molecule has 0 fully saturated rings. The van der Waals surface area contributed by atoms with Gasteiger partial charge >= 0.3 is 0 Å². The lowest BCUT2D eigenvalue weighted by atomic mass is 9.99. The van der Waals surface area contributed by atoms with Gasteiger partial charge in [0.2, 0.25) is 0 Å². The van der Waals surface area contributed by atoms with Gasteiger partial charge in [-0.15, -0.1) is 12.3 Å². The minimum Gasteiger partial charge on any atom is -0.115 e. The Hall–Kier alpha value is -1.66. The summed E-state index contributed by atoms with van der Waals surface area (Å²) < 4.78 is 0. The molecular formula is C13H12. The van der Waals surface area contributed by atoms with E-state index in [1.165, 1.54) is 5.56 Å². The zero-order valence-corrected chi connectivity index (χ0v) is 8.23. The molecule has 0 aliphatic carbocycles. The first-order valence-electron chi connectivity index (χ1n) is 4.20. The van der Waals surface area contributed by atoms with Crippen molar-refractivity contribution in [1.82, 2.24) is 0 Å². The molecule has 1 aromatic rings. The van der Waals surface area contributed by atoms with Gasteiger partial charge in [-0.3, -0.25) is 0 Å². The third-order valence-corrected chi connectivity index (χ3v) is 2.20. The lowest BCUT2D eigenvalue weighted by molar-refractivity contribution is 1.30. The predicted molar refractivity (Wildman–Crippen MR) is 56.4 cm³/mol. The molecule has 64 valence electrons. The number of rotatable bonds is 0. The van der Waals surface area contributed by atoms with E-state index in [0.717, 1.165) is 16.7 Å². The molecule has 0 saturated heterocycles. The van der Waals surface area contributed by atoms with Crippen LogP contribution in [0.15, 0.2) is 12.1 Å². The van der Waals surface area contributed by atoms with E-state index in [4.69, 9.17) is 6.42 Å². The van der Waals surface area contributed by atoms with Crippen molar-refractivity contribution in [2.75, 3.05) is 0 Å². The number of hydrogen-bond donors (Lipinski definition) is 0. The van der Waals surface area contributed by atoms with Crippen molar-refractivity contribution in [1.29, 1.82) is 0 Å². The number of benzene rings is 1. The highest BCUT2D eigenvalue weighted by molar-refractivity contribution is 5.52. The SMILES string of the molecule is C#Cc1ccc(C#CC)c(C)c1C. The van der Waals surface area contributed by atoms with Crippen LogP contribution in [0.25, 0.3) is 0 Å². The maximum Gasteiger partial charge on any atom is 0.0277 e. The van der Waals surface area contributed by atoms with Crippen LogP contribution < -0.4 is 0 Å². The Balaban J connectivity index is 3.39. The highest BCUT2D eigenvalue weighted by Crippen LogP contribution is 2.16. The Labute approximate surface area is 80.0 Å². The van der Waals surface area contributed by atoms with Gasteiger partial charge in [0.1, 0.15) is 0 Å². The first-order chi connectivity index (χ1) is 6.20. The maximum absolute atomic E-state index is 5.36. The molecule has 1 rings (SSSR count). The van der Waals surface area contributed by atoms with E-state index >= 15 is 0 Å². The van der Waals surface area contributed by atoms with Gasteiger partial charge in [-0.2, -0.15) is 0 Å².